The van der Waals surface area contributed by atoms with E-state index < -0.39 is 53.8 Å². The van der Waals surface area contributed by atoms with Crippen LogP contribution in [0.3, 0.4) is 0 Å². The highest BCUT2D eigenvalue weighted by atomic mass is 32.2. The predicted octanol–water partition coefficient (Wildman–Crippen LogP) is 5.16. The van der Waals surface area contributed by atoms with Gasteiger partial charge in [-0.1, -0.05) is 75.2 Å². The van der Waals surface area contributed by atoms with Crippen LogP contribution in [-0.2, 0) is 24.0 Å². The number of unbranched alkanes of at least 4 members (excludes halogenated alkanes) is 1. The van der Waals surface area contributed by atoms with Crippen molar-refractivity contribution in [1.29, 1.82) is 0 Å². The van der Waals surface area contributed by atoms with E-state index in [1.54, 1.807) is 36.4 Å². The first kappa shape index (κ1) is 36.4. The molecular formula is C33H40N3O8PS2. The van der Waals surface area contributed by atoms with Gasteiger partial charge in [0.1, 0.15) is 11.8 Å². The van der Waals surface area contributed by atoms with E-state index >= 15 is 0 Å². The lowest BCUT2D eigenvalue weighted by Gasteiger charge is -2.36. The first-order valence-electron chi connectivity index (χ1n) is 15.2. The van der Waals surface area contributed by atoms with Crippen LogP contribution in [0.2, 0.25) is 0 Å². The lowest BCUT2D eigenvalue weighted by atomic mass is 9.81. The van der Waals surface area contributed by atoms with E-state index in [-0.39, 0.29) is 16.4 Å². The van der Waals surface area contributed by atoms with Gasteiger partial charge in [0.2, 0.25) is 8.46 Å². The summed E-state index contributed by atoms with van der Waals surface area (Å²) >= 11 is 1.34. The zero-order chi connectivity index (χ0) is 34.2. The number of nitrogens with one attached hydrogen (secondary N) is 2. The molecule has 0 aliphatic carbocycles. The minimum Gasteiger partial charge on any atom is -0.483 e. The summed E-state index contributed by atoms with van der Waals surface area (Å²) in [7, 11) is -4.96. The Morgan fingerprint density at radius 1 is 1.09 bits per heavy atom. The number of fused-ring (bicyclic) bond motifs is 1. The Balaban J connectivity index is 1.67. The van der Waals surface area contributed by atoms with Crippen LogP contribution in [0, 0.1) is 5.41 Å². The third kappa shape index (κ3) is 8.91. The SMILES string of the molecule is CCCCC1(CC)CN(c2ccccc2)c2cc(SC)c(OCC(=O)N[C@@H](C(=O)NC(O)(O)P=O)c3ccccc3)cc2S(=O)(=O)C1. The first-order chi connectivity index (χ1) is 22.4. The number of ether oxygens (including phenoxy) is 1. The molecule has 3 aromatic carbocycles. The van der Waals surface area contributed by atoms with E-state index in [1.807, 2.05) is 48.8 Å². The highest BCUT2D eigenvalue weighted by Crippen LogP contribution is 2.47. The first-order valence-corrected chi connectivity index (χ1v) is 18.9. The molecule has 0 saturated heterocycles. The second kappa shape index (κ2) is 15.6. The molecule has 3 aromatic rings. The van der Waals surface area contributed by atoms with Gasteiger partial charge in [0.25, 0.3) is 11.8 Å². The van der Waals surface area contributed by atoms with Gasteiger partial charge in [-0.25, -0.2) is 8.42 Å². The molecule has 0 spiro atoms. The second-order valence-electron chi connectivity index (χ2n) is 11.5. The number of carbonyl (C=O) groups is 2. The summed E-state index contributed by atoms with van der Waals surface area (Å²) in [5.74, 6) is -1.60. The number of para-hydroxylation sites is 1. The smallest absolute Gasteiger partial charge is 0.331 e. The molecule has 47 heavy (non-hydrogen) atoms. The molecule has 11 nitrogen and oxygen atoms in total. The normalized spacial score (nSPS) is 18.1. The van der Waals surface area contributed by atoms with Crippen molar-refractivity contribution >= 4 is 53.2 Å². The maximum atomic E-state index is 14.1. The van der Waals surface area contributed by atoms with Crippen molar-refractivity contribution in [2.75, 3.05) is 30.1 Å². The van der Waals surface area contributed by atoms with Gasteiger partial charge in [0.05, 0.1) is 21.2 Å². The van der Waals surface area contributed by atoms with Crippen LogP contribution < -0.4 is 20.3 Å². The van der Waals surface area contributed by atoms with E-state index in [2.05, 4.69) is 17.1 Å². The minimum absolute atomic E-state index is 0.0285. The van der Waals surface area contributed by atoms with Gasteiger partial charge in [-0.3, -0.25) is 19.5 Å². The summed E-state index contributed by atoms with van der Waals surface area (Å²) < 4.78 is 45.2. The van der Waals surface area contributed by atoms with Crippen molar-refractivity contribution < 1.29 is 37.5 Å². The third-order valence-electron chi connectivity index (χ3n) is 8.22. The number of rotatable bonds is 14. The minimum atomic E-state index is -3.80. The number of thioether (sulfide) groups is 1. The van der Waals surface area contributed by atoms with Crippen LogP contribution in [0.15, 0.2) is 82.6 Å². The van der Waals surface area contributed by atoms with Gasteiger partial charge in [-0.2, -0.15) is 0 Å². The number of amides is 2. The van der Waals surface area contributed by atoms with Gasteiger partial charge in [-0.05, 0) is 42.9 Å². The van der Waals surface area contributed by atoms with E-state index in [1.165, 1.54) is 17.8 Å². The van der Waals surface area contributed by atoms with Crippen molar-refractivity contribution in [3.63, 3.8) is 0 Å². The largest absolute Gasteiger partial charge is 0.483 e. The molecule has 1 heterocycles. The van der Waals surface area contributed by atoms with Gasteiger partial charge < -0.3 is 25.2 Å². The summed E-state index contributed by atoms with van der Waals surface area (Å²) in [6.45, 7) is 4.07. The quantitative estimate of drug-likeness (QED) is 0.100. The standard InChI is InChI=1S/C33H40N3O8PS2/c1-4-6-17-32(5-2)21-36(24-15-11-8-12-16-24)25-18-27(46-3)26(19-28(25)47(42,43)22-32)44-20-29(37)34-30(23-13-9-7-10-14-23)31(38)35-33(39,40)45-41/h7-16,18-19,30,39-40H,4-6,17,20-22H2,1-3H3,(H,34,37)(H,35,38)/t30-,32?/m1/s1. The van der Waals surface area contributed by atoms with Crippen LogP contribution in [-0.4, -0.2) is 61.3 Å². The van der Waals surface area contributed by atoms with Gasteiger partial charge in [0, 0.05) is 23.7 Å². The maximum absolute atomic E-state index is 14.1. The summed E-state index contributed by atoms with van der Waals surface area (Å²) in [5.41, 5.74) is -1.79. The van der Waals surface area contributed by atoms with Gasteiger partial charge in [-0.15, -0.1) is 11.8 Å². The Morgan fingerprint density at radius 2 is 1.74 bits per heavy atom. The molecule has 4 rings (SSSR count). The lowest BCUT2D eigenvalue weighted by molar-refractivity contribution is -0.147. The predicted molar refractivity (Wildman–Crippen MR) is 182 cm³/mol. The molecule has 2 atom stereocenters. The number of aliphatic hydroxyl groups is 2. The highest BCUT2D eigenvalue weighted by molar-refractivity contribution is 7.98. The molecule has 14 heteroatoms. The summed E-state index contributed by atoms with van der Waals surface area (Å²) in [6.07, 6.45) is 5.11. The second-order valence-corrected chi connectivity index (χ2v) is 15.1. The molecule has 0 saturated carbocycles. The molecule has 0 radical (unpaired) electrons. The van der Waals surface area contributed by atoms with Crippen LogP contribution in [0.25, 0.3) is 0 Å². The molecule has 252 valence electrons. The zero-order valence-electron chi connectivity index (χ0n) is 26.5. The van der Waals surface area contributed by atoms with Crippen molar-refractivity contribution in [2.24, 2.45) is 5.41 Å². The van der Waals surface area contributed by atoms with Crippen LogP contribution in [0.5, 0.6) is 5.75 Å². The van der Waals surface area contributed by atoms with Crippen LogP contribution in [0.1, 0.15) is 51.1 Å². The molecular weight excluding hydrogens is 661 g/mol. The Bertz CT molecular complexity index is 1680. The van der Waals surface area contributed by atoms with Crippen molar-refractivity contribution in [2.45, 2.75) is 61.0 Å². The number of hydrogen-bond acceptors (Lipinski definition) is 10. The number of nitrogens with zero attached hydrogens (tertiary/aromatic N) is 1. The van der Waals surface area contributed by atoms with Gasteiger partial charge >= 0.3 is 5.65 Å². The molecule has 0 aromatic heterocycles. The number of carbonyl (C=O) groups excluding carboxylic acids is 2. The van der Waals surface area contributed by atoms with Gasteiger partial charge in [0.15, 0.2) is 16.4 Å². The molecule has 2 amide bonds. The molecule has 1 aliphatic heterocycles. The third-order valence-corrected chi connectivity index (χ3v) is 11.3. The molecule has 4 N–H and O–H groups in total. The van der Waals surface area contributed by atoms with Crippen LogP contribution >= 0.6 is 20.2 Å². The fraction of sp³-hybridized carbons (Fsp3) is 0.394. The van der Waals surface area contributed by atoms with Crippen molar-refractivity contribution in [1.82, 2.24) is 10.6 Å². The van der Waals surface area contributed by atoms with Crippen LogP contribution in [0.4, 0.5) is 11.4 Å². The fourth-order valence-corrected chi connectivity index (χ4v) is 8.57. The van der Waals surface area contributed by atoms with E-state index in [9.17, 15) is 32.8 Å². The number of hydrogen-bond donors (Lipinski definition) is 4. The Labute approximate surface area is 281 Å². The van der Waals surface area contributed by atoms with E-state index in [0.29, 0.717) is 29.1 Å². The topological polar surface area (TPSA) is 162 Å². The summed E-state index contributed by atoms with van der Waals surface area (Å²) in [6, 6.07) is 19.6. The Morgan fingerprint density at radius 3 is 2.34 bits per heavy atom. The number of benzene rings is 3. The zero-order valence-corrected chi connectivity index (χ0v) is 29.0. The maximum Gasteiger partial charge on any atom is 0.331 e. The highest BCUT2D eigenvalue weighted by Gasteiger charge is 2.42. The summed E-state index contributed by atoms with van der Waals surface area (Å²) in [5, 5.41) is 23.7. The Hall–Kier alpha value is -3.48. The number of anilines is 2. The average Bonchev–Trinajstić information content (AvgIpc) is 3.16. The average molecular weight is 702 g/mol. The molecule has 1 aliphatic rings. The van der Waals surface area contributed by atoms with Crippen molar-refractivity contribution in [3.8, 4) is 5.75 Å². The monoisotopic (exact) mass is 701 g/mol. The number of sulfone groups is 1. The lowest BCUT2D eigenvalue weighted by Crippen LogP contribution is -2.50. The fourth-order valence-electron chi connectivity index (χ4n) is 5.69. The van der Waals surface area contributed by atoms with E-state index in [0.717, 1.165) is 24.9 Å². The Kier molecular flexibility index (Phi) is 12.1. The molecule has 0 bridgehead atoms. The molecule has 0 fully saturated rings. The summed E-state index contributed by atoms with van der Waals surface area (Å²) in [4.78, 5) is 28.8. The van der Waals surface area contributed by atoms with E-state index in [4.69, 9.17) is 4.74 Å². The van der Waals surface area contributed by atoms with Crippen molar-refractivity contribution in [3.05, 3.63) is 78.4 Å². The molecule has 1 unspecified atom stereocenters.